The molecular formula is C34H41N7O9S. The number of aromatic nitrogens is 3. The van der Waals surface area contributed by atoms with Gasteiger partial charge in [0.05, 0.1) is 67.6 Å². The summed E-state index contributed by atoms with van der Waals surface area (Å²) in [4.78, 5) is 57.7. The van der Waals surface area contributed by atoms with Crippen molar-refractivity contribution in [3.63, 3.8) is 0 Å². The number of aliphatic imine (C=N–C) groups is 1. The molecule has 3 aromatic rings. The monoisotopic (exact) mass is 723 g/mol. The standard InChI is InChI=1S/C34H41N7O9S/c42-32(43)29-5-1-3-25(36-29)21-39-7-13-48-14-8-40(22-26-4-2-6-30(37-26)33(44)45)10-16-50-18-12-41(11-17-49-15-9-39)23-28-19-27(35-24-51)20-31(38-28)34(46)47/h1-6,19-20H,7-18,21-23H2,(H,42,43)(H,44,45)(H,46,47). The van der Waals surface area contributed by atoms with E-state index in [0.29, 0.717) is 121 Å². The van der Waals surface area contributed by atoms with Crippen LogP contribution < -0.4 is 0 Å². The molecule has 1 saturated heterocycles. The molecule has 16 nitrogen and oxygen atoms in total. The summed E-state index contributed by atoms with van der Waals surface area (Å²) in [5.41, 5.74) is 1.85. The van der Waals surface area contributed by atoms with E-state index in [1.54, 1.807) is 30.3 Å². The van der Waals surface area contributed by atoms with Gasteiger partial charge in [-0.05, 0) is 48.6 Å². The molecule has 0 spiro atoms. The van der Waals surface area contributed by atoms with Gasteiger partial charge in [-0.3, -0.25) is 14.7 Å². The van der Waals surface area contributed by atoms with E-state index >= 15 is 0 Å². The third-order valence-corrected chi connectivity index (χ3v) is 7.87. The van der Waals surface area contributed by atoms with Gasteiger partial charge >= 0.3 is 17.9 Å². The largest absolute Gasteiger partial charge is 0.477 e. The van der Waals surface area contributed by atoms with Gasteiger partial charge in [-0.1, -0.05) is 12.1 Å². The van der Waals surface area contributed by atoms with Crippen LogP contribution in [0.2, 0.25) is 0 Å². The summed E-state index contributed by atoms with van der Waals surface area (Å²) in [5, 5.41) is 30.6. The summed E-state index contributed by atoms with van der Waals surface area (Å²) < 4.78 is 18.0. The van der Waals surface area contributed by atoms with Crippen LogP contribution in [0.5, 0.6) is 0 Å². The van der Waals surface area contributed by atoms with Gasteiger partial charge in [0.15, 0.2) is 5.69 Å². The first-order valence-corrected chi connectivity index (χ1v) is 16.7. The Kier molecular flexibility index (Phi) is 16.1. The van der Waals surface area contributed by atoms with E-state index in [0.717, 1.165) is 0 Å². The van der Waals surface area contributed by atoms with Crippen molar-refractivity contribution in [1.82, 2.24) is 29.7 Å². The van der Waals surface area contributed by atoms with E-state index in [1.165, 1.54) is 18.2 Å². The molecule has 0 aromatic carbocycles. The highest BCUT2D eigenvalue weighted by Crippen LogP contribution is 2.16. The number of isothiocyanates is 1. The molecule has 1 aliphatic heterocycles. The summed E-state index contributed by atoms with van der Waals surface area (Å²) in [6.07, 6.45) is 0. The second-order valence-electron chi connectivity index (χ2n) is 11.5. The Bertz CT molecular complexity index is 1570. The molecular weight excluding hydrogens is 682 g/mol. The molecule has 272 valence electrons. The number of hydrogen-bond donors (Lipinski definition) is 3. The molecule has 0 aliphatic carbocycles. The van der Waals surface area contributed by atoms with Crippen LogP contribution in [0, 0.1) is 0 Å². The normalized spacial score (nSPS) is 16.7. The van der Waals surface area contributed by atoms with Gasteiger partial charge in [0.25, 0.3) is 0 Å². The fourth-order valence-electron chi connectivity index (χ4n) is 5.22. The number of pyridine rings is 3. The Hall–Kier alpha value is -4.58. The number of carboxylic acids is 3. The maximum absolute atomic E-state index is 11.7. The van der Waals surface area contributed by atoms with E-state index in [1.807, 2.05) is 4.90 Å². The number of hydrogen-bond acceptors (Lipinski definition) is 14. The van der Waals surface area contributed by atoms with Crippen LogP contribution in [0.1, 0.15) is 48.5 Å². The molecule has 1 aliphatic rings. The van der Waals surface area contributed by atoms with E-state index in [4.69, 9.17) is 26.4 Å². The van der Waals surface area contributed by atoms with Gasteiger partial charge in [-0.15, -0.1) is 0 Å². The van der Waals surface area contributed by atoms with Gasteiger partial charge in [-0.2, -0.15) is 4.99 Å². The van der Waals surface area contributed by atoms with Crippen LogP contribution in [0.25, 0.3) is 0 Å². The Balaban J connectivity index is 1.47. The summed E-state index contributed by atoms with van der Waals surface area (Å²) in [5.74, 6) is -3.38. The van der Waals surface area contributed by atoms with E-state index in [2.05, 4.69) is 34.9 Å². The highest BCUT2D eigenvalue weighted by molar-refractivity contribution is 7.78. The van der Waals surface area contributed by atoms with Crippen LogP contribution in [0.15, 0.2) is 53.5 Å². The SMILES string of the molecule is O=C(O)c1cccc(CN2CCOCCN(Cc3cccc(C(=O)O)n3)CCOCCN(Cc3cc(N=C=S)cc(C(=O)O)n3)CCOCC2)n1. The number of rotatable bonds is 10. The summed E-state index contributed by atoms with van der Waals surface area (Å²) >= 11 is 4.71. The summed E-state index contributed by atoms with van der Waals surface area (Å²) in [6, 6.07) is 12.8. The van der Waals surface area contributed by atoms with E-state index in [9.17, 15) is 29.7 Å². The van der Waals surface area contributed by atoms with Crippen LogP contribution in [-0.2, 0) is 33.8 Å². The van der Waals surface area contributed by atoms with Gasteiger partial charge < -0.3 is 29.5 Å². The van der Waals surface area contributed by atoms with Crippen molar-refractivity contribution in [3.8, 4) is 0 Å². The van der Waals surface area contributed by atoms with E-state index < -0.39 is 17.9 Å². The molecule has 51 heavy (non-hydrogen) atoms. The van der Waals surface area contributed by atoms with Crippen molar-refractivity contribution in [1.29, 1.82) is 0 Å². The third-order valence-electron chi connectivity index (χ3n) is 7.78. The molecule has 17 heteroatoms. The van der Waals surface area contributed by atoms with Crippen LogP contribution in [-0.4, -0.2) is 147 Å². The first-order chi connectivity index (χ1) is 24.7. The van der Waals surface area contributed by atoms with Crippen LogP contribution in [0.3, 0.4) is 0 Å². The molecule has 0 saturated carbocycles. The van der Waals surface area contributed by atoms with Gasteiger partial charge in [-0.25, -0.2) is 29.3 Å². The Morgan fingerprint density at radius 1 is 0.608 bits per heavy atom. The lowest BCUT2D eigenvalue weighted by Crippen LogP contribution is -2.35. The van der Waals surface area contributed by atoms with E-state index in [-0.39, 0.29) is 17.1 Å². The highest BCUT2D eigenvalue weighted by atomic mass is 32.1. The molecule has 0 unspecified atom stereocenters. The molecule has 3 N–H and O–H groups in total. The third kappa shape index (κ3) is 13.9. The lowest BCUT2D eigenvalue weighted by Gasteiger charge is -2.26. The summed E-state index contributed by atoms with van der Waals surface area (Å²) in [7, 11) is 0. The fraction of sp³-hybridized carbons (Fsp3) is 0.441. The zero-order valence-corrected chi connectivity index (χ0v) is 28.9. The number of ether oxygens (including phenoxy) is 3. The van der Waals surface area contributed by atoms with Crippen molar-refractivity contribution < 1.29 is 43.9 Å². The quantitative estimate of drug-likeness (QED) is 0.203. The summed E-state index contributed by atoms with van der Waals surface area (Å²) in [6.45, 7) is 6.56. The van der Waals surface area contributed by atoms with Gasteiger partial charge in [0, 0.05) is 58.9 Å². The maximum Gasteiger partial charge on any atom is 0.354 e. The Labute approximate surface area is 300 Å². The molecule has 1 fully saturated rings. The zero-order chi connectivity index (χ0) is 36.4. The van der Waals surface area contributed by atoms with Gasteiger partial charge in [0.1, 0.15) is 11.4 Å². The van der Waals surface area contributed by atoms with Crippen molar-refractivity contribution in [3.05, 3.63) is 82.7 Å². The minimum Gasteiger partial charge on any atom is -0.477 e. The predicted octanol–water partition coefficient (Wildman–Crippen LogP) is 2.57. The average Bonchev–Trinajstić information content (AvgIpc) is 3.10. The van der Waals surface area contributed by atoms with Gasteiger partial charge in [0.2, 0.25) is 0 Å². The molecule has 0 radical (unpaired) electrons. The number of nitrogens with zero attached hydrogens (tertiary/aromatic N) is 7. The molecule has 4 heterocycles. The topological polar surface area (TPSA) is 200 Å². The average molecular weight is 724 g/mol. The first kappa shape index (κ1) is 39.2. The number of aromatic carboxylic acids is 3. The molecule has 0 amide bonds. The van der Waals surface area contributed by atoms with Crippen molar-refractivity contribution in [2.45, 2.75) is 19.6 Å². The fourth-order valence-corrected chi connectivity index (χ4v) is 5.32. The Morgan fingerprint density at radius 3 is 1.35 bits per heavy atom. The zero-order valence-electron chi connectivity index (χ0n) is 28.1. The predicted molar refractivity (Wildman–Crippen MR) is 187 cm³/mol. The number of carbonyl (C=O) groups is 3. The Morgan fingerprint density at radius 2 is 0.980 bits per heavy atom. The minimum absolute atomic E-state index is 0.0292. The second kappa shape index (κ2) is 20.9. The lowest BCUT2D eigenvalue weighted by molar-refractivity contribution is 0.0336. The smallest absolute Gasteiger partial charge is 0.354 e. The molecule has 0 bridgehead atoms. The highest BCUT2D eigenvalue weighted by Gasteiger charge is 2.16. The number of carboxylic acid groups (broad SMARTS) is 3. The lowest BCUT2D eigenvalue weighted by atomic mass is 10.2. The van der Waals surface area contributed by atoms with Crippen molar-refractivity contribution >= 4 is 41.0 Å². The second-order valence-corrected chi connectivity index (χ2v) is 11.7. The van der Waals surface area contributed by atoms with Crippen LogP contribution >= 0.6 is 12.2 Å². The molecule has 4 rings (SSSR count). The van der Waals surface area contributed by atoms with Crippen molar-refractivity contribution in [2.75, 3.05) is 78.9 Å². The molecule has 0 atom stereocenters. The first-order valence-electron chi connectivity index (χ1n) is 16.3. The minimum atomic E-state index is -1.18. The van der Waals surface area contributed by atoms with Crippen LogP contribution in [0.4, 0.5) is 5.69 Å². The number of thiocarbonyl (C=S) groups is 1. The molecule has 3 aromatic heterocycles. The van der Waals surface area contributed by atoms with Crippen molar-refractivity contribution in [2.24, 2.45) is 4.99 Å². The maximum atomic E-state index is 11.7.